The van der Waals surface area contributed by atoms with Crippen molar-refractivity contribution in [1.82, 2.24) is 10.2 Å². The highest BCUT2D eigenvalue weighted by atomic mass is 79.9. The van der Waals surface area contributed by atoms with Gasteiger partial charge in [-0.05, 0) is 49.3 Å². The van der Waals surface area contributed by atoms with Gasteiger partial charge in [-0.15, -0.1) is 0 Å². The van der Waals surface area contributed by atoms with E-state index in [1.54, 1.807) is 0 Å². The van der Waals surface area contributed by atoms with Crippen LogP contribution in [0.2, 0.25) is 0 Å². The molecule has 2 aromatic carbocycles. The highest BCUT2D eigenvalue weighted by Gasteiger charge is 2.47. The van der Waals surface area contributed by atoms with Crippen molar-refractivity contribution < 1.29 is 4.74 Å². The maximum absolute atomic E-state index is 6.39. The van der Waals surface area contributed by atoms with Gasteiger partial charge in [-0.1, -0.05) is 46.3 Å². The third-order valence-corrected chi connectivity index (χ3v) is 5.67. The third-order valence-electron chi connectivity index (χ3n) is 4.84. The summed E-state index contributed by atoms with van der Waals surface area (Å²) in [5.41, 5.74) is 2.08. The van der Waals surface area contributed by atoms with Gasteiger partial charge >= 0.3 is 0 Å². The average Bonchev–Trinajstić information content (AvgIpc) is 2.56. The normalized spacial score (nSPS) is 24.8. The molecule has 2 heterocycles. The molecule has 0 unspecified atom stereocenters. The van der Waals surface area contributed by atoms with E-state index in [-0.39, 0.29) is 6.04 Å². The molecule has 2 bridgehead atoms. The molecule has 0 aromatic heterocycles. The van der Waals surface area contributed by atoms with Gasteiger partial charge in [0.05, 0.1) is 6.04 Å². The van der Waals surface area contributed by atoms with E-state index in [4.69, 9.17) is 17.0 Å². The SMILES string of the molecule is C[C@@]12C[C@@H](NC(=S)N1CCc1ccccc1)c1cc(Br)ccc1O2. The average molecular weight is 403 g/mol. The number of ether oxygens (including phenoxy) is 1. The fourth-order valence-corrected chi connectivity index (χ4v) is 4.42. The lowest BCUT2D eigenvalue weighted by molar-refractivity contribution is -0.0676. The first kappa shape index (κ1) is 15.9. The van der Waals surface area contributed by atoms with Crippen LogP contribution in [0.1, 0.15) is 30.5 Å². The minimum atomic E-state index is -0.400. The maximum Gasteiger partial charge on any atom is 0.184 e. The number of rotatable bonds is 3. The lowest BCUT2D eigenvalue weighted by atomic mass is 9.90. The van der Waals surface area contributed by atoms with E-state index in [1.807, 2.05) is 18.2 Å². The Morgan fingerprint density at radius 1 is 1.29 bits per heavy atom. The molecule has 124 valence electrons. The molecule has 1 fully saturated rings. The second-order valence-corrected chi connectivity index (χ2v) is 7.86. The summed E-state index contributed by atoms with van der Waals surface area (Å²) in [7, 11) is 0. The first-order chi connectivity index (χ1) is 11.5. The molecular weight excluding hydrogens is 384 g/mol. The first-order valence-electron chi connectivity index (χ1n) is 8.16. The lowest BCUT2D eigenvalue weighted by Crippen LogP contribution is -2.64. The molecule has 2 aromatic rings. The summed E-state index contributed by atoms with van der Waals surface area (Å²) in [5, 5.41) is 4.27. The van der Waals surface area contributed by atoms with Crippen molar-refractivity contribution in [3.8, 4) is 5.75 Å². The fourth-order valence-electron chi connectivity index (χ4n) is 3.61. The smallest absolute Gasteiger partial charge is 0.184 e. The van der Waals surface area contributed by atoms with E-state index < -0.39 is 5.72 Å². The van der Waals surface area contributed by atoms with Gasteiger partial charge in [0.1, 0.15) is 5.75 Å². The predicted octanol–water partition coefficient (Wildman–Crippen LogP) is 4.42. The molecule has 0 amide bonds. The summed E-state index contributed by atoms with van der Waals surface area (Å²) >= 11 is 9.20. The van der Waals surface area contributed by atoms with Crippen LogP contribution in [0.3, 0.4) is 0 Å². The second-order valence-electron chi connectivity index (χ2n) is 6.55. The first-order valence-corrected chi connectivity index (χ1v) is 9.36. The lowest BCUT2D eigenvalue weighted by Gasteiger charge is -2.52. The van der Waals surface area contributed by atoms with Gasteiger partial charge in [0.15, 0.2) is 10.8 Å². The number of nitrogens with zero attached hydrogens (tertiary/aromatic N) is 1. The van der Waals surface area contributed by atoms with Gasteiger partial charge in [-0.2, -0.15) is 0 Å². The standard InChI is InChI=1S/C19H19BrN2OS/c1-19-12-16(15-11-14(20)7-8-17(15)23-19)21-18(24)22(19)10-9-13-5-3-2-4-6-13/h2-8,11,16H,9-10,12H2,1H3,(H,21,24)/t16-,19-/m1/s1. The van der Waals surface area contributed by atoms with Crippen molar-refractivity contribution in [2.75, 3.05) is 6.54 Å². The number of hydrogen-bond donors (Lipinski definition) is 1. The molecule has 0 spiro atoms. The Hall–Kier alpha value is -1.59. The van der Waals surface area contributed by atoms with Crippen LogP contribution in [0, 0.1) is 0 Å². The Bertz CT molecular complexity index is 782. The van der Waals surface area contributed by atoms with Crippen LogP contribution in [0.5, 0.6) is 5.75 Å². The second kappa shape index (κ2) is 6.05. The van der Waals surface area contributed by atoms with E-state index in [2.05, 4.69) is 63.4 Å². The van der Waals surface area contributed by atoms with Gasteiger partial charge in [-0.25, -0.2) is 0 Å². The van der Waals surface area contributed by atoms with Gasteiger partial charge in [0.25, 0.3) is 0 Å². The minimum absolute atomic E-state index is 0.205. The fraction of sp³-hybridized carbons (Fsp3) is 0.316. The Balaban J connectivity index is 1.59. The zero-order chi connectivity index (χ0) is 16.7. The van der Waals surface area contributed by atoms with Crippen molar-refractivity contribution >= 4 is 33.3 Å². The minimum Gasteiger partial charge on any atom is -0.468 e. The van der Waals surface area contributed by atoms with Gasteiger partial charge < -0.3 is 15.0 Å². The van der Waals surface area contributed by atoms with Crippen LogP contribution < -0.4 is 10.1 Å². The molecule has 3 nitrogen and oxygen atoms in total. The highest BCUT2D eigenvalue weighted by Crippen LogP contribution is 2.44. The summed E-state index contributed by atoms with van der Waals surface area (Å²) in [4.78, 5) is 2.19. The molecule has 4 rings (SSSR count). The van der Waals surface area contributed by atoms with Crippen LogP contribution in [0.4, 0.5) is 0 Å². The van der Waals surface area contributed by atoms with Gasteiger partial charge in [-0.3, -0.25) is 0 Å². The number of fused-ring (bicyclic) bond motifs is 4. The summed E-state index contributed by atoms with van der Waals surface area (Å²) < 4.78 is 7.46. The van der Waals surface area contributed by atoms with Crippen molar-refractivity contribution in [2.24, 2.45) is 0 Å². The summed E-state index contributed by atoms with van der Waals surface area (Å²) in [5.74, 6) is 0.941. The van der Waals surface area contributed by atoms with E-state index in [0.29, 0.717) is 0 Å². The Kier molecular flexibility index (Phi) is 4.01. The quantitative estimate of drug-likeness (QED) is 0.767. The van der Waals surface area contributed by atoms with E-state index >= 15 is 0 Å². The topological polar surface area (TPSA) is 24.5 Å². The zero-order valence-electron chi connectivity index (χ0n) is 13.5. The molecule has 5 heteroatoms. The maximum atomic E-state index is 6.39. The largest absolute Gasteiger partial charge is 0.468 e. The van der Waals surface area contributed by atoms with Crippen LogP contribution in [0.25, 0.3) is 0 Å². The third kappa shape index (κ3) is 2.80. The summed E-state index contributed by atoms with van der Waals surface area (Å²) in [6.07, 6.45) is 1.82. The molecule has 2 aliphatic rings. The summed E-state index contributed by atoms with van der Waals surface area (Å²) in [6.45, 7) is 2.98. The summed E-state index contributed by atoms with van der Waals surface area (Å²) in [6, 6.07) is 16.9. The highest BCUT2D eigenvalue weighted by molar-refractivity contribution is 9.10. The number of halogens is 1. The van der Waals surface area contributed by atoms with Crippen molar-refractivity contribution in [1.29, 1.82) is 0 Å². The predicted molar refractivity (Wildman–Crippen MR) is 103 cm³/mol. The molecule has 1 N–H and O–H groups in total. The molecule has 1 saturated heterocycles. The van der Waals surface area contributed by atoms with Gasteiger partial charge in [0, 0.05) is 23.0 Å². The zero-order valence-corrected chi connectivity index (χ0v) is 15.9. The Morgan fingerprint density at radius 3 is 2.88 bits per heavy atom. The van der Waals surface area contributed by atoms with Crippen molar-refractivity contribution in [3.05, 3.63) is 64.1 Å². The number of benzene rings is 2. The van der Waals surface area contributed by atoms with E-state index in [0.717, 1.165) is 34.7 Å². The molecule has 0 aliphatic carbocycles. The van der Waals surface area contributed by atoms with Crippen molar-refractivity contribution in [3.63, 3.8) is 0 Å². The van der Waals surface area contributed by atoms with Crippen LogP contribution in [-0.4, -0.2) is 22.3 Å². The van der Waals surface area contributed by atoms with Crippen LogP contribution in [0.15, 0.2) is 53.0 Å². The molecule has 0 radical (unpaired) electrons. The van der Waals surface area contributed by atoms with Gasteiger partial charge in [0.2, 0.25) is 0 Å². The number of nitrogens with one attached hydrogen (secondary N) is 1. The Labute approximate surface area is 156 Å². The van der Waals surface area contributed by atoms with Crippen LogP contribution in [-0.2, 0) is 6.42 Å². The van der Waals surface area contributed by atoms with E-state index in [1.165, 1.54) is 11.1 Å². The number of thiocarbonyl (C=S) groups is 1. The number of hydrogen-bond acceptors (Lipinski definition) is 2. The monoisotopic (exact) mass is 402 g/mol. The molecule has 24 heavy (non-hydrogen) atoms. The molecule has 0 saturated carbocycles. The van der Waals surface area contributed by atoms with Crippen LogP contribution >= 0.6 is 28.1 Å². The molecule has 2 atom stereocenters. The van der Waals surface area contributed by atoms with E-state index in [9.17, 15) is 0 Å². The Morgan fingerprint density at radius 2 is 2.08 bits per heavy atom. The molecule has 2 aliphatic heterocycles. The van der Waals surface area contributed by atoms with Crippen molar-refractivity contribution in [2.45, 2.75) is 31.5 Å². The molecular formula is C19H19BrN2OS.